The van der Waals surface area contributed by atoms with Crippen molar-refractivity contribution >= 4 is 11.9 Å². The molecular formula is C17H19N3O2. The van der Waals surface area contributed by atoms with E-state index in [1.807, 2.05) is 12.1 Å². The lowest BCUT2D eigenvalue weighted by molar-refractivity contribution is -0.131. The Morgan fingerprint density at radius 3 is 2.86 bits per heavy atom. The zero-order valence-electron chi connectivity index (χ0n) is 12.7. The van der Waals surface area contributed by atoms with Crippen molar-refractivity contribution in [2.75, 3.05) is 6.54 Å². The van der Waals surface area contributed by atoms with E-state index in [1.165, 1.54) is 16.0 Å². The first kappa shape index (κ1) is 14.6. The molecule has 1 atom stereocenters. The van der Waals surface area contributed by atoms with E-state index in [1.54, 1.807) is 6.92 Å². The summed E-state index contributed by atoms with van der Waals surface area (Å²) in [5, 5.41) is 11.4. The van der Waals surface area contributed by atoms with Crippen molar-refractivity contribution in [1.29, 1.82) is 5.26 Å². The molecule has 1 aliphatic carbocycles. The van der Waals surface area contributed by atoms with Gasteiger partial charge in [0.15, 0.2) is 0 Å². The predicted molar refractivity (Wildman–Crippen MR) is 80.9 cm³/mol. The van der Waals surface area contributed by atoms with Gasteiger partial charge in [0.25, 0.3) is 5.91 Å². The molecule has 22 heavy (non-hydrogen) atoms. The van der Waals surface area contributed by atoms with Gasteiger partial charge in [0.2, 0.25) is 0 Å². The number of benzene rings is 1. The van der Waals surface area contributed by atoms with Gasteiger partial charge in [-0.15, -0.1) is 0 Å². The number of urea groups is 1. The first-order valence-corrected chi connectivity index (χ1v) is 7.69. The summed E-state index contributed by atoms with van der Waals surface area (Å²) in [4.78, 5) is 26.0. The Bertz CT molecular complexity index is 677. The Balaban J connectivity index is 1.85. The van der Waals surface area contributed by atoms with Crippen LogP contribution < -0.4 is 5.32 Å². The molecule has 1 aromatic carbocycles. The predicted octanol–water partition coefficient (Wildman–Crippen LogP) is 2.25. The molecule has 114 valence electrons. The average molecular weight is 297 g/mol. The van der Waals surface area contributed by atoms with Crippen molar-refractivity contribution in [2.45, 2.75) is 44.6 Å². The fourth-order valence-electron chi connectivity index (χ4n) is 3.29. The number of unbranched alkanes of at least 4 members (excludes halogenated alkanes) is 1. The average Bonchev–Trinajstić information content (AvgIpc) is 3.05. The third kappa shape index (κ3) is 2.25. The fraction of sp³-hybridized carbons (Fsp3) is 0.471. The van der Waals surface area contributed by atoms with Crippen LogP contribution in [-0.4, -0.2) is 23.4 Å². The number of nitrogens with zero attached hydrogens (tertiary/aromatic N) is 2. The summed E-state index contributed by atoms with van der Waals surface area (Å²) in [6.07, 6.45) is 4.12. The van der Waals surface area contributed by atoms with E-state index in [0.29, 0.717) is 19.4 Å². The molecule has 1 saturated heterocycles. The van der Waals surface area contributed by atoms with Crippen LogP contribution in [0.3, 0.4) is 0 Å². The van der Waals surface area contributed by atoms with Gasteiger partial charge in [0.1, 0.15) is 5.54 Å². The Morgan fingerprint density at radius 1 is 1.32 bits per heavy atom. The van der Waals surface area contributed by atoms with Gasteiger partial charge in [-0.1, -0.05) is 18.2 Å². The summed E-state index contributed by atoms with van der Waals surface area (Å²) in [5.41, 5.74) is 2.47. The number of carbonyl (C=O) groups is 2. The molecule has 0 radical (unpaired) electrons. The van der Waals surface area contributed by atoms with E-state index in [4.69, 9.17) is 5.26 Å². The van der Waals surface area contributed by atoms with Gasteiger partial charge in [0.05, 0.1) is 6.07 Å². The molecule has 5 heteroatoms. The van der Waals surface area contributed by atoms with Crippen LogP contribution in [0.25, 0.3) is 0 Å². The maximum atomic E-state index is 12.7. The lowest BCUT2D eigenvalue weighted by atomic mass is 9.89. The smallest absolute Gasteiger partial charge is 0.319 e. The van der Waals surface area contributed by atoms with E-state index in [2.05, 4.69) is 17.4 Å². The summed E-state index contributed by atoms with van der Waals surface area (Å²) in [6, 6.07) is 7.73. The van der Waals surface area contributed by atoms with Crippen LogP contribution in [-0.2, 0) is 23.2 Å². The van der Waals surface area contributed by atoms with Crippen LogP contribution in [0.4, 0.5) is 4.79 Å². The highest BCUT2D eigenvalue weighted by atomic mass is 16.2. The zero-order valence-corrected chi connectivity index (χ0v) is 12.7. The van der Waals surface area contributed by atoms with E-state index in [9.17, 15) is 9.59 Å². The molecule has 3 amide bonds. The monoisotopic (exact) mass is 297 g/mol. The number of amides is 3. The normalized spacial score (nSPS) is 23.4. The molecule has 0 spiro atoms. The number of nitrogens with one attached hydrogen (secondary N) is 1. The first-order valence-electron chi connectivity index (χ1n) is 7.69. The topological polar surface area (TPSA) is 73.2 Å². The van der Waals surface area contributed by atoms with E-state index >= 15 is 0 Å². The minimum absolute atomic E-state index is 0.228. The lowest BCUT2D eigenvalue weighted by Crippen LogP contribution is -2.41. The molecule has 1 heterocycles. The molecule has 0 unspecified atom stereocenters. The van der Waals surface area contributed by atoms with Crippen LogP contribution in [0.15, 0.2) is 18.2 Å². The zero-order chi connectivity index (χ0) is 15.7. The van der Waals surface area contributed by atoms with Crippen LogP contribution in [0.1, 0.15) is 42.9 Å². The van der Waals surface area contributed by atoms with Crippen molar-refractivity contribution in [3.8, 4) is 6.07 Å². The Kier molecular flexibility index (Phi) is 3.61. The van der Waals surface area contributed by atoms with E-state index in [0.717, 1.165) is 24.8 Å². The molecule has 1 fully saturated rings. The van der Waals surface area contributed by atoms with Crippen molar-refractivity contribution in [3.05, 3.63) is 34.9 Å². The minimum atomic E-state index is -0.999. The molecule has 3 rings (SSSR count). The number of aryl methyl sites for hydroxylation is 2. The summed E-state index contributed by atoms with van der Waals surface area (Å²) in [6.45, 7) is 2.05. The molecular weight excluding hydrogens is 278 g/mol. The molecule has 1 N–H and O–H groups in total. The molecule has 0 aromatic heterocycles. The van der Waals surface area contributed by atoms with Crippen molar-refractivity contribution in [1.82, 2.24) is 10.2 Å². The molecule has 5 nitrogen and oxygen atoms in total. The molecule has 1 aliphatic heterocycles. The number of imide groups is 1. The Morgan fingerprint density at radius 2 is 2.09 bits per heavy atom. The maximum absolute atomic E-state index is 12.7. The number of fused-ring (bicyclic) bond motifs is 1. The van der Waals surface area contributed by atoms with Gasteiger partial charge in [-0.25, -0.2) is 4.79 Å². The maximum Gasteiger partial charge on any atom is 0.325 e. The Hall–Kier alpha value is -2.35. The van der Waals surface area contributed by atoms with Crippen LogP contribution in [0.2, 0.25) is 0 Å². The summed E-state index contributed by atoms with van der Waals surface area (Å²) < 4.78 is 0. The number of rotatable bonds is 4. The minimum Gasteiger partial charge on any atom is -0.319 e. The fourth-order valence-corrected chi connectivity index (χ4v) is 3.29. The second-order valence-electron chi connectivity index (χ2n) is 6.11. The molecule has 0 saturated carbocycles. The summed E-state index contributed by atoms with van der Waals surface area (Å²) >= 11 is 0. The van der Waals surface area contributed by atoms with Crippen LogP contribution in [0.5, 0.6) is 0 Å². The largest absolute Gasteiger partial charge is 0.325 e. The SMILES string of the molecule is C[C@]1(c2ccc3c(c2)CCC3)NC(=O)N(CCCC#N)C1=O. The third-order valence-electron chi connectivity index (χ3n) is 4.62. The van der Waals surface area contributed by atoms with Crippen molar-refractivity contribution < 1.29 is 9.59 Å². The van der Waals surface area contributed by atoms with Gasteiger partial charge >= 0.3 is 6.03 Å². The lowest BCUT2D eigenvalue weighted by Gasteiger charge is -2.23. The first-order chi connectivity index (χ1) is 10.6. The Labute approximate surface area is 129 Å². The van der Waals surface area contributed by atoms with Crippen molar-refractivity contribution in [2.24, 2.45) is 0 Å². The highest BCUT2D eigenvalue weighted by Gasteiger charge is 2.48. The van der Waals surface area contributed by atoms with E-state index in [-0.39, 0.29) is 11.9 Å². The second-order valence-corrected chi connectivity index (χ2v) is 6.11. The number of hydrogen-bond acceptors (Lipinski definition) is 3. The highest BCUT2D eigenvalue weighted by Crippen LogP contribution is 2.32. The molecule has 0 bridgehead atoms. The highest BCUT2D eigenvalue weighted by molar-refractivity contribution is 6.07. The van der Waals surface area contributed by atoms with Gasteiger partial charge in [-0.3, -0.25) is 9.69 Å². The van der Waals surface area contributed by atoms with Crippen molar-refractivity contribution in [3.63, 3.8) is 0 Å². The molecule has 1 aromatic rings. The van der Waals surface area contributed by atoms with Gasteiger partial charge in [-0.05, 0) is 49.3 Å². The molecule has 2 aliphatic rings. The standard InChI is InChI=1S/C17H19N3O2/c1-17(14-8-7-12-5-4-6-13(12)11-14)15(21)20(16(22)19-17)10-3-2-9-18/h7-8,11H,2-6,10H2,1H3,(H,19,22)/t17-/m1/s1. The number of hydrogen-bond donors (Lipinski definition) is 1. The number of carbonyl (C=O) groups excluding carboxylic acids is 2. The van der Waals surface area contributed by atoms with Crippen LogP contribution in [0, 0.1) is 11.3 Å². The van der Waals surface area contributed by atoms with E-state index < -0.39 is 5.54 Å². The summed E-state index contributed by atoms with van der Waals surface area (Å²) in [5.74, 6) is -0.228. The third-order valence-corrected chi connectivity index (χ3v) is 4.62. The summed E-state index contributed by atoms with van der Waals surface area (Å²) in [7, 11) is 0. The van der Waals surface area contributed by atoms with Crippen LogP contribution >= 0.6 is 0 Å². The quantitative estimate of drug-likeness (QED) is 0.684. The number of nitriles is 1. The second kappa shape index (κ2) is 5.45. The van der Waals surface area contributed by atoms with Gasteiger partial charge in [-0.2, -0.15) is 5.26 Å². The van der Waals surface area contributed by atoms with Gasteiger partial charge in [0, 0.05) is 13.0 Å². The van der Waals surface area contributed by atoms with Gasteiger partial charge < -0.3 is 5.32 Å².